The summed E-state index contributed by atoms with van der Waals surface area (Å²) >= 11 is 0. The summed E-state index contributed by atoms with van der Waals surface area (Å²) in [4.78, 5) is 38.0. The zero-order valence-corrected chi connectivity index (χ0v) is 14.5. The van der Waals surface area contributed by atoms with Crippen LogP contribution in [0.15, 0.2) is 60.8 Å². The summed E-state index contributed by atoms with van der Waals surface area (Å²) in [6, 6.07) is 15.9. The first-order chi connectivity index (χ1) is 13.1. The Labute approximate surface area is 154 Å². The van der Waals surface area contributed by atoms with Crippen LogP contribution in [-0.4, -0.2) is 39.2 Å². The monoisotopic (exact) mass is 361 g/mol. The van der Waals surface area contributed by atoms with Crippen LogP contribution in [0.25, 0.3) is 5.69 Å². The summed E-state index contributed by atoms with van der Waals surface area (Å²) in [5.74, 6) is -1.59. The minimum absolute atomic E-state index is 0.274. The molecule has 0 saturated heterocycles. The molecule has 1 aliphatic heterocycles. The molecule has 0 N–H and O–H groups in total. The van der Waals surface area contributed by atoms with Crippen molar-refractivity contribution in [3.05, 3.63) is 83.2 Å². The second kappa shape index (κ2) is 6.53. The van der Waals surface area contributed by atoms with Gasteiger partial charge in [0.2, 0.25) is 0 Å². The average molecular weight is 361 g/mol. The highest BCUT2D eigenvalue weighted by Gasteiger charge is 2.36. The predicted octanol–water partition coefficient (Wildman–Crippen LogP) is 2.59. The van der Waals surface area contributed by atoms with E-state index in [0.29, 0.717) is 16.8 Å². The molecule has 2 amide bonds. The first-order valence-electron chi connectivity index (χ1n) is 8.30. The molecule has 0 atom stereocenters. The van der Waals surface area contributed by atoms with E-state index in [4.69, 9.17) is 4.74 Å². The van der Waals surface area contributed by atoms with Gasteiger partial charge in [0.15, 0.2) is 6.73 Å². The number of aromatic nitrogens is 2. The minimum atomic E-state index is -0.647. The van der Waals surface area contributed by atoms with Crippen molar-refractivity contribution in [1.82, 2.24) is 14.7 Å². The van der Waals surface area contributed by atoms with Gasteiger partial charge in [-0.3, -0.25) is 9.59 Å². The van der Waals surface area contributed by atoms with Gasteiger partial charge in [0.05, 0.1) is 28.7 Å². The standard InChI is InChI=1S/C20H15N3O4/c1-13-17(11-21-23(13)14-7-3-2-4-8-14)20(26)27-12-22-18(24)15-9-5-6-10-16(15)19(22)25/h2-11H,12H2,1H3. The molecule has 0 aliphatic carbocycles. The maximum atomic E-state index is 12.4. The predicted molar refractivity (Wildman–Crippen MR) is 95.5 cm³/mol. The number of carbonyl (C=O) groups excluding carboxylic acids is 3. The van der Waals surface area contributed by atoms with Crippen LogP contribution in [0.1, 0.15) is 36.8 Å². The Hall–Kier alpha value is -3.74. The van der Waals surface area contributed by atoms with Gasteiger partial charge in [0, 0.05) is 0 Å². The molecule has 134 valence electrons. The van der Waals surface area contributed by atoms with Crippen LogP contribution in [-0.2, 0) is 4.74 Å². The molecule has 7 nitrogen and oxygen atoms in total. The van der Waals surface area contributed by atoms with Crippen LogP contribution in [0, 0.1) is 6.92 Å². The van der Waals surface area contributed by atoms with Crippen molar-refractivity contribution < 1.29 is 19.1 Å². The van der Waals surface area contributed by atoms with E-state index in [-0.39, 0.29) is 5.56 Å². The van der Waals surface area contributed by atoms with E-state index in [1.54, 1.807) is 35.9 Å². The van der Waals surface area contributed by atoms with Crippen LogP contribution in [0.5, 0.6) is 0 Å². The summed E-state index contributed by atoms with van der Waals surface area (Å²) in [7, 11) is 0. The minimum Gasteiger partial charge on any atom is -0.440 e. The van der Waals surface area contributed by atoms with Gasteiger partial charge < -0.3 is 4.74 Å². The molecule has 0 radical (unpaired) electrons. The van der Waals surface area contributed by atoms with Crippen molar-refractivity contribution in [2.75, 3.05) is 6.73 Å². The van der Waals surface area contributed by atoms with Gasteiger partial charge in [0.25, 0.3) is 11.8 Å². The Morgan fingerprint density at radius 3 is 2.19 bits per heavy atom. The summed E-state index contributed by atoms with van der Waals surface area (Å²) in [6.07, 6.45) is 1.41. The fourth-order valence-corrected chi connectivity index (χ4v) is 3.00. The SMILES string of the molecule is Cc1c(C(=O)OCN2C(=O)c3ccccc3C2=O)cnn1-c1ccccc1. The summed E-state index contributed by atoms with van der Waals surface area (Å²) in [5.41, 5.74) is 2.32. The van der Waals surface area contributed by atoms with Crippen molar-refractivity contribution in [3.63, 3.8) is 0 Å². The van der Waals surface area contributed by atoms with Crippen LogP contribution in [0.4, 0.5) is 0 Å². The van der Waals surface area contributed by atoms with E-state index in [2.05, 4.69) is 5.10 Å². The van der Waals surface area contributed by atoms with Gasteiger partial charge in [-0.05, 0) is 31.2 Å². The van der Waals surface area contributed by atoms with Crippen molar-refractivity contribution in [2.45, 2.75) is 6.92 Å². The van der Waals surface area contributed by atoms with E-state index in [0.717, 1.165) is 10.6 Å². The van der Waals surface area contributed by atoms with Crippen LogP contribution in [0.2, 0.25) is 0 Å². The Kier molecular flexibility index (Phi) is 4.04. The average Bonchev–Trinajstić information content (AvgIpc) is 3.19. The largest absolute Gasteiger partial charge is 0.440 e. The number of fused-ring (bicyclic) bond motifs is 1. The zero-order valence-electron chi connectivity index (χ0n) is 14.5. The number of carbonyl (C=O) groups is 3. The lowest BCUT2D eigenvalue weighted by atomic mass is 10.1. The number of hydrogen-bond acceptors (Lipinski definition) is 5. The molecule has 0 unspecified atom stereocenters. The molecule has 7 heteroatoms. The fraction of sp³-hybridized carbons (Fsp3) is 0.100. The van der Waals surface area contributed by atoms with Gasteiger partial charge in [0.1, 0.15) is 5.56 Å². The summed E-state index contributed by atoms with van der Waals surface area (Å²) < 4.78 is 6.83. The third kappa shape index (κ3) is 2.79. The van der Waals surface area contributed by atoms with E-state index >= 15 is 0 Å². The number of hydrogen-bond donors (Lipinski definition) is 0. The van der Waals surface area contributed by atoms with E-state index < -0.39 is 24.5 Å². The van der Waals surface area contributed by atoms with E-state index in [9.17, 15) is 14.4 Å². The number of esters is 1. The van der Waals surface area contributed by atoms with Gasteiger partial charge in [-0.2, -0.15) is 5.10 Å². The van der Waals surface area contributed by atoms with Gasteiger partial charge in [-0.1, -0.05) is 30.3 Å². The summed E-state index contributed by atoms with van der Waals surface area (Å²) in [6.45, 7) is 1.31. The molecular formula is C20H15N3O4. The molecule has 0 bridgehead atoms. The number of nitrogens with zero attached hydrogens (tertiary/aromatic N) is 3. The second-order valence-corrected chi connectivity index (χ2v) is 6.04. The smallest absolute Gasteiger partial charge is 0.343 e. The molecule has 0 spiro atoms. The number of rotatable bonds is 4. The van der Waals surface area contributed by atoms with Crippen LogP contribution < -0.4 is 0 Å². The molecule has 1 aromatic heterocycles. The fourth-order valence-electron chi connectivity index (χ4n) is 3.00. The van der Waals surface area contributed by atoms with Crippen molar-refractivity contribution in [3.8, 4) is 5.69 Å². The maximum absolute atomic E-state index is 12.4. The van der Waals surface area contributed by atoms with E-state index in [1.165, 1.54) is 6.20 Å². The molecule has 3 aromatic rings. The highest BCUT2D eigenvalue weighted by molar-refractivity contribution is 6.21. The molecule has 27 heavy (non-hydrogen) atoms. The van der Waals surface area contributed by atoms with Gasteiger partial charge >= 0.3 is 5.97 Å². The van der Waals surface area contributed by atoms with Crippen molar-refractivity contribution >= 4 is 17.8 Å². The number of ether oxygens (including phenoxy) is 1. The van der Waals surface area contributed by atoms with Crippen molar-refractivity contribution in [1.29, 1.82) is 0 Å². The van der Waals surface area contributed by atoms with Crippen molar-refractivity contribution in [2.24, 2.45) is 0 Å². The normalized spacial score (nSPS) is 13.0. The Bertz CT molecular complexity index is 1020. The van der Waals surface area contributed by atoms with E-state index in [1.807, 2.05) is 30.3 Å². The lowest BCUT2D eigenvalue weighted by Gasteiger charge is -2.13. The molecule has 2 aromatic carbocycles. The topological polar surface area (TPSA) is 81.5 Å². The molecular weight excluding hydrogens is 346 g/mol. The second-order valence-electron chi connectivity index (χ2n) is 6.04. The number of amides is 2. The zero-order chi connectivity index (χ0) is 19.0. The lowest BCUT2D eigenvalue weighted by Crippen LogP contribution is -2.33. The molecule has 0 fully saturated rings. The molecule has 1 aliphatic rings. The first kappa shape index (κ1) is 16.7. The molecule has 4 rings (SSSR count). The highest BCUT2D eigenvalue weighted by atomic mass is 16.5. The highest BCUT2D eigenvalue weighted by Crippen LogP contribution is 2.22. The number of imide groups is 1. The van der Waals surface area contributed by atoms with Gasteiger partial charge in [-0.25, -0.2) is 14.4 Å². The maximum Gasteiger partial charge on any atom is 0.343 e. The number of benzene rings is 2. The molecule has 0 saturated carbocycles. The third-order valence-corrected chi connectivity index (χ3v) is 4.43. The molecule has 2 heterocycles. The quantitative estimate of drug-likeness (QED) is 0.527. The Morgan fingerprint density at radius 2 is 1.56 bits per heavy atom. The lowest BCUT2D eigenvalue weighted by molar-refractivity contribution is 0.0227. The number of para-hydroxylation sites is 1. The Balaban J connectivity index is 1.49. The van der Waals surface area contributed by atoms with Gasteiger partial charge in [-0.15, -0.1) is 0 Å². The summed E-state index contributed by atoms with van der Waals surface area (Å²) in [5, 5.41) is 4.22. The first-order valence-corrected chi connectivity index (χ1v) is 8.30. The van der Waals surface area contributed by atoms with Crippen LogP contribution >= 0.6 is 0 Å². The third-order valence-electron chi connectivity index (χ3n) is 4.43. The Morgan fingerprint density at radius 1 is 0.963 bits per heavy atom. The van der Waals surface area contributed by atoms with Crippen LogP contribution in [0.3, 0.4) is 0 Å².